The van der Waals surface area contributed by atoms with Crippen LogP contribution in [0.4, 0.5) is 0 Å². The Hall–Kier alpha value is -2.08. The molecule has 1 aliphatic heterocycles. The number of carbonyl (C=O) groups excluding carboxylic acids is 1. The van der Waals surface area contributed by atoms with Crippen LogP contribution in [0.5, 0.6) is 0 Å². The summed E-state index contributed by atoms with van der Waals surface area (Å²) in [6.07, 6.45) is 2.78. The fraction of sp³-hybridized carbons (Fsp3) is 0.167. The molecule has 74 valence electrons. The lowest BCUT2D eigenvalue weighted by Crippen LogP contribution is -2.12. The second kappa shape index (κ2) is 3.97. The molecule has 0 fully saturated rings. The lowest BCUT2D eigenvalue weighted by molar-refractivity contribution is -0.118. The number of nitriles is 1. The normalized spacial score (nSPS) is 19.4. The maximum Gasteiger partial charge on any atom is 0.162 e. The molecular weight excluding hydrogens is 190 g/mol. The third-order valence-corrected chi connectivity index (χ3v) is 2.31. The minimum atomic E-state index is -0.321. The van der Waals surface area contributed by atoms with Gasteiger partial charge in [0.2, 0.25) is 0 Å². The maximum atomic E-state index is 11.2. The largest absolute Gasteiger partial charge is 0.493 e. The summed E-state index contributed by atoms with van der Waals surface area (Å²) < 4.78 is 5.32. The monoisotopic (exact) mass is 199 g/mol. The van der Waals surface area contributed by atoms with Gasteiger partial charge in [-0.15, -0.1) is 0 Å². The van der Waals surface area contributed by atoms with Crippen LogP contribution in [0.3, 0.4) is 0 Å². The standard InChI is InChI=1S/C12H9NO2/c13-8-9-3-1-2-4-11(9)12-7-10(14)5-6-15-12/h1-6,12H,7H2. The van der Waals surface area contributed by atoms with E-state index in [4.69, 9.17) is 10.00 Å². The van der Waals surface area contributed by atoms with E-state index in [9.17, 15) is 4.79 Å². The Morgan fingerprint density at radius 1 is 1.40 bits per heavy atom. The van der Waals surface area contributed by atoms with Gasteiger partial charge in [0.25, 0.3) is 0 Å². The van der Waals surface area contributed by atoms with E-state index >= 15 is 0 Å². The molecule has 0 amide bonds. The second-order valence-corrected chi connectivity index (χ2v) is 3.30. The molecular formula is C12H9NO2. The van der Waals surface area contributed by atoms with Crippen molar-refractivity contribution < 1.29 is 9.53 Å². The molecule has 2 rings (SSSR count). The molecule has 1 atom stereocenters. The quantitative estimate of drug-likeness (QED) is 0.695. The molecule has 0 N–H and O–H groups in total. The van der Waals surface area contributed by atoms with Gasteiger partial charge in [0.05, 0.1) is 24.3 Å². The highest BCUT2D eigenvalue weighted by Gasteiger charge is 2.20. The summed E-state index contributed by atoms with van der Waals surface area (Å²) in [6, 6.07) is 9.26. The van der Waals surface area contributed by atoms with Crippen molar-refractivity contribution in [2.75, 3.05) is 0 Å². The molecule has 1 aromatic rings. The first-order valence-corrected chi connectivity index (χ1v) is 4.65. The topological polar surface area (TPSA) is 50.1 Å². The molecule has 15 heavy (non-hydrogen) atoms. The molecule has 0 saturated heterocycles. The van der Waals surface area contributed by atoms with Gasteiger partial charge >= 0.3 is 0 Å². The van der Waals surface area contributed by atoms with E-state index in [-0.39, 0.29) is 11.9 Å². The summed E-state index contributed by atoms with van der Waals surface area (Å²) in [6.45, 7) is 0. The minimum Gasteiger partial charge on any atom is -0.493 e. The zero-order valence-electron chi connectivity index (χ0n) is 8.01. The van der Waals surface area contributed by atoms with Crippen LogP contribution in [-0.4, -0.2) is 5.78 Å². The van der Waals surface area contributed by atoms with Gasteiger partial charge in [-0.3, -0.25) is 4.79 Å². The van der Waals surface area contributed by atoms with E-state index in [0.29, 0.717) is 12.0 Å². The number of hydrogen-bond acceptors (Lipinski definition) is 3. The zero-order valence-corrected chi connectivity index (χ0v) is 8.01. The van der Waals surface area contributed by atoms with Crippen molar-refractivity contribution >= 4 is 5.78 Å². The highest BCUT2D eigenvalue weighted by Crippen LogP contribution is 2.27. The molecule has 3 nitrogen and oxygen atoms in total. The number of carbonyl (C=O) groups is 1. The number of ketones is 1. The van der Waals surface area contributed by atoms with Crippen LogP contribution >= 0.6 is 0 Å². The molecule has 0 aliphatic carbocycles. The van der Waals surface area contributed by atoms with Gasteiger partial charge in [0, 0.05) is 11.6 Å². The van der Waals surface area contributed by atoms with Crippen molar-refractivity contribution in [2.24, 2.45) is 0 Å². The van der Waals surface area contributed by atoms with Gasteiger partial charge in [0.15, 0.2) is 5.78 Å². The van der Waals surface area contributed by atoms with E-state index in [1.807, 2.05) is 12.1 Å². The van der Waals surface area contributed by atoms with Gasteiger partial charge < -0.3 is 4.74 Å². The molecule has 0 radical (unpaired) electrons. The van der Waals surface area contributed by atoms with Crippen molar-refractivity contribution in [2.45, 2.75) is 12.5 Å². The molecule has 3 heteroatoms. The number of nitrogens with zero attached hydrogens (tertiary/aromatic N) is 1. The first-order valence-electron chi connectivity index (χ1n) is 4.65. The van der Waals surface area contributed by atoms with E-state index in [1.165, 1.54) is 12.3 Å². The van der Waals surface area contributed by atoms with Gasteiger partial charge in [-0.2, -0.15) is 5.26 Å². The van der Waals surface area contributed by atoms with Crippen molar-refractivity contribution in [3.63, 3.8) is 0 Å². The SMILES string of the molecule is N#Cc1ccccc1C1CC(=O)C=CO1. The van der Waals surface area contributed by atoms with Crippen LogP contribution in [0.15, 0.2) is 36.6 Å². The lowest BCUT2D eigenvalue weighted by Gasteiger charge is -2.19. The first-order chi connectivity index (χ1) is 7.31. The van der Waals surface area contributed by atoms with Crippen LogP contribution < -0.4 is 0 Å². The van der Waals surface area contributed by atoms with E-state index < -0.39 is 0 Å². The van der Waals surface area contributed by atoms with Crippen molar-refractivity contribution in [1.29, 1.82) is 5.26 Å². The maximum absolute atomic E-state index is 11.2. The molecule has 0 aromatic heterocycles. The summed E-state index contributed by atoms with van der Waals surface area (Å²) in [4.78, 5) is 11.2. The molecule has 1 aromatic carbocycles. The summed E-state index contributed by atoms with van der Waals surface area (Å²) in [5.41, 5.74) is 1.34. The fourth-order valence-electron chi connectivity index (χ4n) is 1.57. The van der Waals surface area contributed by atoms with Crippen LogP contribution in [-0.2, 0) is 9.53 Å². The van der Waals surface area contributed by atoms with Crippen molar-refractivity contribution in [1.82, 2.24) is 0 Å². The third kappa shape index (κ3) is 1.89. The second-order valence-electron chi connectivity index (χ2n) is 3.30. The molecule has 0 saturated carbocycles. The fourth-order valence-corrected chi connectivity index (χ4v) is 1.57. The highest BCUT2D eigenvalue weighted by molar-refractivity contribution is 5.90. The van der Waals surface area contributed by atoms with Crippen molar-refractivity contribution in [3.05, 3.63) is 47.7 Å². The number of benzene rings is 1. The zero-order chi connectivity index (χ0) is 10.7. The summed E-state index contributed by atoms with van der Waals surface area (Å²) >= 11 is 0. The molecule has 1 heterocycles. The lowest BCUT2D eigenvalue weighted by atomic mass is 9.98. The van der Waals surface area contributed by atoms with E-state index in [2.05, 4.69) is 6.07 Å². The van der Waals surface area contributed by atoms with E-state index in [0.717, 1.165) is 5.56 Å². The number of ether oxygens (including phenoxy) is 1. The van der Waals surface area contributed by atoms with Crippen LogP contribution in [0.2, 0.25) is 0 Å². The summed E-state index contributed by atoms with van der Waals surface area (Å²) in [5.74, 6) is 0.0268. The molecule has 0 bridgehead atoms. The van der Waals surface area contributed by atoms with Gasteiger partial charge in [-0.25, -0.2) is 0 Å². The number of rotatable bonds is 1. The predicted octanol–water partition coefficient (Wildman–Crippen LogP) is 2.10. The van der Waals surface area contributed by atoms with E-state index in [1.54, 1.807) is 12.1 Å². The third-order valence-electron chi connectivity index (χ3n) is 2.31. The van der Waals surface area contributed by atoms with Crippen LogP contribution in [0, 0.1) is 11.3 Å². The summed E-state index contributed by atoms with van der Waals surface area (Å²) in [5, 5.41) is 8.91. The Balaban J connectivity index is 2.34. The van der Waals surface area contributed by atoms with Gasteiger partial charge in [0.1, 0.15) is 6.10 Å². The van der Waals surface area contributed by atoms with Crippen LogP contribution in [0.25, 0.3) is 0 Å². The minimum absolute atomic E-state index is 0.0268. The smallest absolute Gasteiger partial charge is 0.162 e. The average Bonchev–Trinajstić information content (AvgIpc) is 2.29. The molecule has 1 unspecified atom stereocenters. The molecule has 0 spiro atoms. The van der Waals surface area contributed by atoms with Gasteiger partial charge in [-0.1, -0.05) is 18.2 Å². The average molecular weight is 199 g/mol. The Labute approximate surface area is 87.6 Å². The number of hydrogen-bond donors (Lipinski definition) is 0. The predicted molar refractivity (Wildman–Crippen MR) is 53.7 cm³/mol. The van der Waals surface area contributed by atoms with Crippen molar-refractivity contribution in [3.8, 4) is 6.07 Å². The van der Waals surface area contributed by atoms with Crippen LogP contribution in [0.1, 0.15) is 23.7 Å². The number of allylic oxidation sites excluding steroid dienone is 1. The Kier molecular flexibility index (Phi) is 2.51. The highest BCUT2D eigenvalue weighted by atomic mass is 16.5. The first kappa shape index (κ1) is 9.47. The Morgan fingerprint density at radius 2 is 2.20 bits per heavy atom. The Morgan fingerprint density at radius 3 is 2.93 bits per heavy atom. The summed E-state index contributed by atoms with van der Waals surface area (Å²) in [7, 11) is 0. The molecule has 1 aliphatic rings. The Bertz CT molecular complexity index is 457. The van der Waals surface area contributed by atoms with Gasteiger partial charge in [-0.05, 0) is 6.07 Å².